The highest BCUT2D eigenvalue weighted by Crippen LogP contribution is 2.07. The molecule has 0 radical (unpaired) electrons. The molecule has 0 spiro atoms. The van der Waals surface area contributed by atoms with Crippen LogP contribution >= 0.6 is 0 Å². The number of imidazole rings is 1. The number of rotatable bonds is 7. The first-order valence-electron chi connectivity index (χ1n) is 7.18. The third-order valence-electron chi connectivity index (χ3n) is 3.64. The molecular weight excluding hydrogens is 264 g/mol. The van der Waals surface area contributed by atoms with E-state index in [1.807, 2.05) is 60.1 Å². The lowest BCUT2D eigenvalue weighted by molar-refractivity contribution is 0.0979. The van der Waals surface area contributed by atoms with E-state index >= 15 is 0 Å². The summed E-state index contributed by atoms with van der Waals surface area (Å²) < 4.78 is 1.98. The van der Waals surface area contributed by atoms with E-state index in [0.717, 1.165) is 11.4 Å². The van der Waals surface area contributed by atoms with Gasteiger partial charge in [0.25, 0.3) is 0 Å². The van der Waals surface area contributed by atoms with Crippen LogP contribution in [0.25, 0.3) is 0 Å². The van der Waals surface area contributed by atoms with Crippen molar-refractivity contribution >= 4 is 0 Å². The lowest BCUT2D eigenvalue weighted by atomic mass is 10.0. The summed E-state index contributed by atoms with van der Waals surface area (Å²) in [6.07, 6.45) is 3.81. The molecule has 21 heavy (non-hydrogen) atoms. The van der Waals surface area contributed by atoms with Crippen molar-refractivity contribution in [2.75, 3.05) is 13.6 Å². The van der Waals surface area contributed by atoms with Crippen molar-refractivity contribution in [3.8, 4) is 0 Å². The Morgan fingerprint density at radius 3 is 2.67 bits per heavy atom. The Hall–Kier alpha value is -1.69. The van der Waals surface area contributed by atoms with Crippen LogP contribution in [0.4, 0.5) is 0 Å². The molecule has 0 bridgehead atoms. The summed E-state index contributed by atoms with van der Waals surface area (Å²) in [6.45, 7) is 1.22. The van der Waals surface area contributed by atoms with Crippen LogP contribution in [-0.2, 0) is 20.0 Å². The number of benzene rings is 1. The molecule has 0 fully saturated rings. The van der Waals surface area contributed by atoms with E-state index < -0.39 is 6.10 Å². The van der Waals surface area contributed by atoms with Crippen LogP contribution in [-0.4, -0.2) is 45.3 Å². The quantitative estimate of drug-likeness (QED) is 0.790. The number of nitrogens with zero attached hydrogens (tertiary/aromatic N) is 3. The maximum Gasteiger partial charge on any atom is 0.122 e. The molecule has 2 aromatic rings. The van der Waals surface area contributed by atoms with Crippen LogP contribution < -0.4 is 5.73 Å². The van der Waals surface area contributed by atoms with Crippen molar-refractivity contribution in [1.29, 1.82) is 0 Å². The van der Waals surface area contributed by atoms with Crippen molar-refractivity contribution in [2.24, 2.45) is 12.8 Å². The highest BCUT2D eigenvalue weighted by molar-refractivity contribution is 5.16. The van der Waals surface area contributed by atoms with Gasteiger partial charge in [0.15, 0.2) is 0 Å². The molecule has 0 amide bonds. The van der Waals surface area contributed by atoms with Crippen molar-refractivity contribution < 1.29 is 5.11 Å². The minimum atomic E-state index is -0.560. The highest BCUT2D eigenvalue weighted by Gasteiger charge is 2.18. The van der Waals surface area contributed by atoms with Crippen molar-refractivity contribution in [3.63, 3.8) is 0 Å². The van der Waals surface area contributed by atoms with Gasteiger partial charge in [-0.15, -0.1) is 0 Å². The molecule has 5 heteroatoms. The van der Waals surface area contributed by atoms with Crippen LogP contribution in [0.1, 0.15) is 11.4 Å². The number of aliphatic hydroxyl groups excluding tert-OH is 1. The van der Waals surface area contributed by atoms with Crippen LogP contribution in [0.3, 0.4) is 0 Å². The molecule has 0 saturated carbocycles. The Bertz CT molecular complexity index is 540. The van der Waals surface area contributed by atoms with E-state index in [4.69, 9.17) is 5.73 Å². The fraction of sp³-hybridized carbons (Fsp3) is 0.438. The SMILES string of the molecule is CN(Cc1nccn1C)CC(O)C(N)Cc1ccccc1. The summed E-state index contributed by atoms with van der Waals surface area (Å²) in [5.41, 5.74) is 7.25. The van der Waals surface area contributed by atoms with Gasteiger partial charge >= 0.3 is 0 Å². The second-order valence-electron chi connectivity index (χ2n) is 5.57. The van der Waals surface area contributed by atoms with Gasteiger partial charge in [-0.3, -0.25) is 4.90 Å². The molecule has 0 saturated heterocycles. The number of aryl methyl sites for hydroxylation is 1. The van der Waals surface area contributed by atoms with Gasteiger partial charge in [0, 0.05) is 32.0 Å². The third kappa shape index (κ3) is 4.67. The molecule has 0 aliphatic heterocycles. The summed E-state index contributed by atoms with van der Waals surface area (Å²) in [4.78, 5) is 6.32. The van der Waals surface area contributed by atoms with E-state index in [1.54, 1.807) is 6.20 Å². The standard InChI is InChI=1S/C16H24N4O/c1-19(12-16-18-8-9-20(16)2)11-15(21)14(17)10-13-6-4-3-5-7-13/h3-9,14-15,21H,10-12,17H2,1-2H3. The maximum absolute atomic E-state index is 10.3. The Balaban J connectivity index is 1.82. The molecule has 3 N–H and O–H groups in total. The van der Waals surface area contributed by atoms with Gasteiger partial charge in [0.05, 0.1) is 12.6 Å². The molecule has 1 aromatic carbocycles. The second kappa shape index (κ2) is 7.36. The van der Waals surface area contributed by atoms with Gasteiger partial charge in [-0.25, -0.2) is 4.98 Å². The Morgan fingerprint density at radius 1 is 1.33 bits per heavy atom. The molecular formula is C16H24N4O. The lowest BCUT2D eigenvalue weighted by Crippen LogP contribution is -2.43. The van der Waals surface area contributed by atoms with Gasteiger partial charge < -0.3 is 15.4 Å². The first-order valence-corrected chi connectivity index (χ1v) is 7.18. The van der Waals surface area contributed by atoms with Gasteiger partial charge in [-0.2, -0.15) is 0 Å². The van der Waals surface area contributed by atoms with Gasteiger partial charge in [-0.05, 0) is 19.0 Å². The number of aromatic nitrogens is 2. The fourth-order valence-corrected chi connectivity index (χ4v) is 2.33. The number of likely N-dealkylation sites (N-methyl/N-ethyl adjacent to an activating group) is 1. The van der Waals surface area contributed by atoms with Crippen LogP contribution in [0, 0.1) is 0 Å². The minimum absolute atomic E-state index is 0.267. The largest absolute Gasteiger partial charge is 0.390 e. The fourth-order valence-electron chi connectivity index (χ4n) is 2.33. The van der Waals surface area contributed by atoms with E-state index in [2.05, 4.69) is 4.98 Å². The molecule has 5 nitrogen and oxygen atoms in total. The molecule has 0 aliphatic carbocycles. The normalized spacial score (nSPS) is 14.3. The summed E-state index contributed by atoms with van der Waals surface area (Å²) in [6, 6.07) is 9.75. The average Bonchev–Trinajstić information content (AvgIpc) is 2.85. The summed E-state index contributed by atoms with van der Waals surface area (Å²) >= 11 is 0. The average molecular weight is 288 g/mol. The van der Waals surface area contributed by atoms with Gasteiger partial charge in [-0.1, -0.05) is 30.3 Å². The van der Waals surface area contributed by atoms with Crippen LogP contribution in [0.15, 0.2) is 42.7 Å². The summed E-state index contributed by atoms with van der Waals surface area (Å²) in [5, 5.41) is 10.3. The Morgan fingerprint density at radius 2 is 2.05 bits per heavy atom. The van der Waals surface area contributed by atoms with Crippen LogP contribution in [0.2, 0.25) is 0 Å². The zero-order valence-corrected chi connectivity index (χ0v) is 12.7. The highest BCUT2D eigenvalue weighted by atomic mass is 16.3. The van der Waals surface area contributed by atoms with E-state index in [1.165, 1.54) is 0 Å². The van der Waals surface area contributed by atoms with E-state index in [9.17, 15) is 5.11 Å². The molecule has 1 heterocycles. The topological polar surface area (TPSA) is 67.3 Å². The monoisotopic (exact) mass is 288 g/mol. The van der Waals surface area contributed by atoms with E-state index in [-0.39, 0.29) is 6.04 Å². The second-order valence-corrected chi connectivity index (χ2v) is 5.57. The van der Waals surface area contributed by atoms with Crippen molar-refractivity contribution in [1.82, 2.24) is 14.5 Å². The van der Waals surface area contributed by atoms with E-state index in [0.29, 0.717) is 19.5 Å². The zero-order chi connectivity index (χ0) is 15.2. The van der Waals surface area contributed by atoms with Crippen LogP contribution in [0.5, 0.6) is 0 Å². The minimum Gasteiger partial charge on any atom is -0.390 e. The predicted molar refractivity (Wildman–Crippen MR) is 83.7 cm³/mol. The lowest BCUT2D eigenvalue weighted by Gasteiger charge is -2.24. The summed E-state index contributed by atoms with van der Waals surface area (Å²) in [7, 11) is 3.93. The molecule has 2 atom stereocenters. The molecule has 2 unspecified atom stereocenters. The summed E-state index contributed by atoms with van der Waals surface area (Å²) in [5.74, 6) is 0.973. The Labute approximate surface area is 126 Å². The maximum atomic E-state index is 10.3. The first-order chi connectivity index (χ1) is 10.1. The number of hydrogen-bond donors (Lipinski definition) is 2. The Kier molecular flexibility index (Phi) is 5.50. The molecule has 1 aromatic heterocycles. The molecule has 0 aliphatic rings. The van der Waals surface area contributed by atoms with Crippen molar-refractivity contribution in [2.45, 2.75) is 25.1 Å². The van der Waals surface area contributed by atoms with Gasteiger partial charge in [0.1, 0.15) is 5.82 Å². The zero-order valence-electron chi connectivity index (χ0n) is 12.7. The first kappa shape index (κ1) is 15.7. The number of aliphatic hydroxyl groups is 1. The number of hydrogen-bond acceptors (Lipinski definition) is 4. The predicted octanol–water partition coefficient (Wildman–Crippen LogP) is 0.783. The molecule has 2 rings (SSSR count). The van der Waals surface area contributed by atoms with Gasteiger partial charge in [0.2, 0.25) is 0 Å². The smallest absolute Gasteiger partial charge is 0.122 e. The number of nitrogens with two attached hydrogens (primary N) is 1. The molecule has 114 valence electrons. The van der Waals surface area contributed by atoms with Crippen molar-refractivity contribution in [3.05, 3.63) is 54.1 Å². The third-order valence-corrected chi connectivity index (χ3v) is 3.64.